The molecule has 1 fully saturated rings. The first-order valence-corrected chi connectivity index (χ1v) is 9.36. The van der Waals surface area contributed by atoms with E-state index in [9.17, 15) is 4.79 Å². The summed E-state index contributed by atoms with van der Waals surface area (Å²) in [5.74, 6) is 1.30. The van der Waals surface area contributed by atoms with Crippen molar-refractivity contribution in [3.05, 3.63) is 18.0 Å². The van der Waals surface area contributed by atoms with E-state index in [1.807, 2.05) is 25.7 Å². The van der Waals surface area contributed by atoms with Gasteiger partial charge < -0.3 is 24.4 Å². The molecular formula is C19H29N3O4. The normalized spacial score (nSPS) is 18.1. The van der Waals surface area contributed by atoms with Crippen LogP contribution in [0.2, 0.25) is 0 Å². The number of fused-ring (bicyclic) bond motifs is 1. The molecule has 0 bridgehead atoms. The molecule has 0 aliphatic carbocycles. The van der Waals surface area contributed by atoms with Gasteiger partial charge in [0.1, 0.15) is 6.61 Å². The van der Waals surface area contributed by atoms with Gasteiger partial charge in [-0.2, -0.15) is 0 Å². The van der Waals surface area contributed by atoms with Crippen molar-refractivity contribution in [1.29, 1.82) is 0 Å². The van der Waals surface area contributed by atoms with Gasteiger partial charge >= 0.3 is 6.09 Å². The van der Waals surface area contributed by atoms with Gasteiger partial charge in [0.15, 0.2) is 11.5 Å². The Labute approximate surface area is 155 Å². The highest BCUT2D eigenvalue weighted by Crippen LogP contribution is 2.29. The first-order valence-electron chi connectivity index (χ1n) is 9.36. The molecule has 1 aromatic heterocycles. The van der Waals surface area contributed by atoms with Crippen LogP contribution in [0.3, 0.4) is 0 Å². The average Bonchev–Trinajstić information content (AvgIpc) is 2.84. The van der Waals surface area contributed by atoms with E-state index in [0.717, 1.165) is 32.4 Å². The highest BCUT2D eigenvalue weighted by molar-refractivity contribution is 5.69. The Morgan fingerprint density at radius 2 is 1.96 bits per heavy atom. The van der Waals surface area contributed by atoms with Gasteiger partial charge in [-0.25, -0.2) is 4.79 Å². The molecule has 0 spiro atoms. The summed E-state index contributed by atoms with van der Waals surface area (Å²) < 4.78 is 16.9. The summed E-state index contributed by atoms with van der Waals surface area (Å²) in [5.41, 5.74) is 0.360. The van der Waals surface area contributed by atoms with Crippen molar-refractivity contribution in [2.75, 3.05) is 26.3 Å². The number of amides is 1. The van der Waals surface area contributed by atoms with E-state index in [1.165, 1.54) is 0 Å². The molecule has 3 heterocycles. The number of aromatic nitrogens is 1. The molecule has 0 atom stereocenters. The predicted octanol–water partition coefficient (Wildman–Crippen LogP) is 2.73. The Morgan fingerprint density at radius 3 is 2.65 bits per heavy atom. The summed E-state index contributed by atoms with van der Waals surface area (Å²) >= 11 is 0. The molecule has 2 aliphatic heterocycles. The standard InChI is InChI=1S/C19H29N3O4/c1-19(2,3)22(15-5-7-20-8-6-15)18(23)26-13-14-11-16-17(12-21-14)25-10-4-9-24-16/h11-12,15,20H,4-10,13H2,1-3H3. The van der Waals surface area contributed by atoms with Crippen LogP contribution in [0.25, 0.3) is 0 Å². The van der Waals surface area contributed by atoms with Crippen LogP contribution in [0.1, 0.15) is 45.7 Å². The van der Waals surface area contributed by atoms with Crippen LogP contribution < -0.4 is 14.8 Å². The fraction of sp³-hybridized carbons (Fsp3) is 0.684. The maximum Gasteiger partial charge on any atom is 0.410 e. The SMILES string of the molecule is CC(C)(C)N(C(=O)OCc1cc2c(cn1)OCCCO2)C1CCNCC1. The zero-order chi connectivity index (χ0) is 18.6. The van der Waals surface area contributed by atoms with Crippen LogP contribution >= 0.6 is 0 Å². The minimum absolute atomic E-state index is 0.118. The first-order chi connectivity index (χ1) is 12.4. The average molecular weight is 363 g/mol. The lowest BCUT2D eigenvalue weighted by molar-refractivity contribution is 0.0312. The van der Waals surface area contributed by atoms with E-state index in [2.05, 4.69) is 10.3 Å². The third-order valence-corrected chi connectivity index (χ3v) is 4.63. The highest BCUT2D eigenvalue weighted by Gasteiger charge is 2.35. The number of hydrogen-bond donors (Lipinski definition) is 1. The number of ether oxygens (including phenoxy) is 3. The fourth-order valence-electron chi connectivity index (χ4n) is 3.43. The molecule has 0 unspecified atom stereocenters. The Morgan fingerprint density at radius 1 is 1.27 bits per heavy atom. The molecule has 1 amide bonds. The van der Waals surface area contributed by atoms with Crippen LogP contribution in [0.15, 0.2) is 12.3 Å². The minimum atomic E-state index is -0.294. The maximum atomic E-state index is 12.8. The molecule has 144 valence electrons. The van der Waals surface area contributed by atoms with Crippen LogP contribution in [0.4, 0.5) is 4.79 Å². The van der Waals surface area contributed by atoms with E-state index in [0.29, 0.717) is 30.4 Å². The molecule has 1 aromatic rings. The van der Waals surface area contributed by atoms with Gasteiger partial charge in [0, 0.05) is 24.1 Å². The van der Waals surface area contributed by atoms with Crippen molar-refractivity contribution >= 4 is 6.09 Å². The fourth-order valence-corrected chi connectivity index (χ4v) is 3.43. The predicted molar refractivity (Wildman–Crippen MR) is 97.5 cm³/mol. The monoisotopic (exact) mass is 363 g/mol. The van der Waals surface area contributed by atoms with E-state index >= 15 is 0 Å². The van der Waals surface area contributed by atoms with Crippen LogP contribution in [-0.2, 0) is 11.3 Å². The molecular weight excluding hydrogens is 334 g/mol. The second kappa shape index (κ2) is 8.12. The third kappa shape index (κ3) is 4.58. The van der Waals surface area contributed by atoms with Crippen LogP contribution in [0, 0.1) is 0 Å². The number of rotatable bonds is 3. The van der Waals surface area contributed by atoms with Crippen molar-refractivity contribution < 1.29 is 19.0 Å². The lowest BCUT2D eigenvalue weighted by Crippen LogP contribution is -2.54. The van der Waals surface area contributed by atoms with Crippen molar-refractivity contribution in [3.63, 3.8) is 0 Å². The zero-order valence-electron chi connectivity index (χ0n) is 15.9. The zero-order valence-corrected chi connectivity index (χ0v) is 15.9. The second-order valence-corrected chi connectivity index (χ2v) is 7.75. The number of nitrogens with one attached hydrogen (secondary N) is 1. The highest BCUT2D eigenvalue weighted by atomic mass is 16.6. The summed E-state index contributed by atoms with van der Waals surface area (Å²) in [7, 11) is 0. The van der Waals surface area contributed by atoms with E-state index in [-0.39, 0.29) is 24.3 Å². The van der Waals surface area contributed by atoms with Gasteiger partial charge in [-0.15, -0.1) is 0 Å². The van der Waals surface area contributed by atoms with E-state index in [4.69, 9.17) is 14.2 Å². The topological polar surface area (TPSA) is 72.9 Å². The Balaban J connectivity index is 1.65. The Hall–Kier alpha value is -2.02. The van der Waals surface area contributed by atoms with Crippen LogP contribution in [0.5, 0.6) is 11.5 Å². The number of piperidine rings is 1. The molecule has 1 saturated heterocycles. The molecule has 3 rings (SSSR count). The number of carbonyl (C=O) groups is 1. The van der Waals surface area contributed by atoms with Gasteiger partial charge in [0.25, 0.3) is 0 Å². The summed E-state index contributed by atoms with van der Waals surface area (Å²) in [5, 5.41) is 3.34. The number of carbonyl (C=O) groups excluding carboxylic acids is 1. The lowest BCUT2D eigenvalue weighted by atomic mass is 9.98. The van der Waals surface area contributed by atoms with Crippen molar-refractivity contribution in [3.8, 4) is 11.5 Å². The first kappa shape index (κ1) is 18.8. The molecule has 0 radical (unpaired) electrons. The van der Waals surface area contributed by atoms with Crippen molar-refractivity contribution in [2.24, 2.45) is 0 Å². The van der Waals surface area contributed by atoms with E-state index in [1.54, 1.807) is 12.3 Å². The molecule has 0 saturated carbocycles. The summed E-state index contributed by atoms with van der Waals surface area (Å²) in [6, 6.07) is 1.99. The van der Waals surface area contributed by atoms with Gasteiger partial charge in [-0.3, -0.25) is 4.98 Å². The van der Waals surface area contributed by atoms with Crippen LogP contribution in [-0.4, -0.2) is 53.9 Å². The summed E-state index contributed by atoms with van der Waals surface area (Å²) in [6.45, 7) is 9.34. The molecule has 26 heavy (non-hydrogen) atoms. The summed E-state index contributed by atoms with van der Waals surface area (Å²) in [4.78, 5) is 19.0. The number of hydrogen-bond acceptors (Lipinski definition) is 6. The minimum Gasteiger partial charge on any atom is -0.489 e. The van der Waals surface area contributed by atoms with Gasteiger partial charge in [0.05, 0.1) is 25.1 Å². The lowest BCUT2D eigenvalue weighted by Gasteiger charge is -2.42. The van der Waals surface area contributed by atoms with E-state index < -0.39 is 0 Å². The molecule has 2 aliphatic rings. The Kier molecular flexibility index (Phi) is 5.86. The maximum absolute atomic E-state index is 12.8. The third-order valence-electron chi connectivity index (χ3n) is 4.63. The molecule has 7 heteroatoms. The second-order valence-electron chi connectivity index (χ2n) is 7.75. The Bertz CT molecular complexity index is 624. The van der Waals surface area contributed by atoms with Gasteiger partial charge in [-0.05, 0) is 46.7 Å². The van der Waals surface area contributed by atoms with Crippen molar-refractivity contribution in [2.45, 2.75) is 58.2 Å². The van der Waals surface area contributed by atoms with Gasteiger partial charge in [-0.1, -0.05) is 0 Å². The smallest absolute Gasteiger partial charge is 0.410 e. The van der Waals surface area contributed by atoms with Gasteiger partial charge in [0.2, 0.25) is 0 Å². The quantitative estimate of drug-likeness (QED) is 0.890. The summed E-state index contributed by atoms with van der Waals surface area (Å²) in [6.07, 6.45) is 4.07. The number of nitrogens with zero attached hydrogens (tertiary/aromatic N) is 2. The molecule has 7 nitrogen and oxygen atoms in total. The number of pyridine rings is 1. The largest absolute Gasteiger partial charge is 0.489 e. The molecule has 1 N–H and O–H groups in total. The van der Waals surface area contributed by atoms with Crippen molar-refractivity contribution in [1.82, 2.24) is 15.2 Å². The molecule has 0 aromatic carbocycles.